The van der Waals surface area contributed by atoms with E-state index in [-0.39, 0.29) is 17.8 Å². The Bertz CT molecular complexity index is 978. The molecule has 1 N–H and O–H groups in total. The molecule has 0 atom stereocenters. The Morgan fingerprint density at radius 3 is 2.68 bits per heavy atom. The van der Waals surface area contributed by atoms with Crippen LogP contribution in [0.5, 0.6) is 0 Å². The zero-order chi connectivity index (χ0) is 19.5. The van der Waals surface area contributed by atoms with E-state index >= 15 is 0 Å². The molecule has 2 aromatic heterocycles. The first kappa shape index (κ1) is 18.2. The molecule has 144 valence electrons. The number of amides is 1. The van der Waals surface area contributed by atoms with Gasteiger partial charge in [0.2, 0.25) is 0 Å². The van der Waals surface area contributed by atoms with Gasteiger partial charge in [-0.25, -0.2) is 4.39 Å². The highest BCUT2D eigenvalue weighted by Crippen LogP contribution is 2.22. The normalized spacial score (nSPS) is 14.9. The van der Waals surface area contributed by atoms with E-state index in [9.17, 15) is 9.18 Å². The largest absolute Gasteiger partial charge is 0.371 e. The van der Waals surface area contributed by atoms with Crippen LogP contribution in [0, 0.1) is 5.82 Å². The van der Waals surface area contributed by atoms with Crippen LogP contribution in [0.3, 0.4) is 0 Å². The molecule has 0 spiro atoms. The van der Waals surface area contributed by atoms with Crippen LogP contribution in [0.4, 0.5) is 10.1 Å². The predicted molar refractivity (Wildman–Crippen MR) is 106 cm³/mol. The van der Waals surface area contributed by atoms with Gasteiger partial charge in [0, 0.05) is 61.6 Å². The number of halogens is 1. The van der Waals surface area contributed by atoms with Crippen molar-refractivity contribution in [1.29, 1.82) is 0 Å². The highest BCUT2D eigenvalue weighted by atomic mass is 19.1. The third-order valence-electron chi connectivity index (χ3n) is 5.04. The smallest absolute Gasteiger partial charge is 0.253 e. The van der Waals surface area contributed by atoms with Crippen molar-refractivity contribution in [2.24, 2.45) is 7.05 Å². The maximum absolute atomic E-state index is 13.4. The van der Waals surface area contributed by atoms with Gasteiger partial charge >= 0.3 is 0 Å². The van der Waals surface area contributed by atoms with Crippen LogP contribution in [-0.2, 0) is 7.05 Å². The SMILES string of the molecule is Cn1cc(-c2cncc(C(=O)NC3CCN(c4cccc(F)c4)CC3)c2)cn1. The molecule has 4 rings (SSSR count). The third kappa shape index (κ3) is 4.03. The number of carbonyl (C=O) groups is 1. The molecule has 3 aromatic rings. The Labute approximate surface area is 163 Å². The summed E-state index contributed by atoms with van der Waals surface area (Å²) in [7, 11) is 1.85. The number of piperidine rings is 1. The quantitative estimate of drug-likeness (QED) is 0.757. The standard InChI is InChI=1S/C21H22FN5O/c1-26-14-17(13-24-26)15-9-16(12-23-11-15)21(28)25-19-5-7-27(8-6-19)20-4-2-3-18(22)10-20/h2-4,9-14,19H,5-8H2,1H3,(H,25,28). The number of hydrogen-bond acceptors (Lipinski definition) is 4. The van der Waals surface area contributed by atoms with Crippen LogP contribution in [0.1, 0.15) is 23.2 Å². The van der Waals surface area contributed by atoms with Crippen LogP contribution in [-0.4, -0.2) is 39.8 Å². The molecule has 1 fully saturated rings. The Balaban J connectivity index is 1.37. The molecule has 1 aliphatic rings. The molecule has 1 saturated heterocycles. The number of aromatic nitrogens is 3. The zero-order valence-corrected chi connectivity index (χ0v) is 15.7. The molecule has 0 bridgehead atoms. The average Bonchev–Trinajstić information content (AvgIpc) is 3.15. The average molecular weight is 379 g/mol. The van der Waals surface area contributed by atoms with Gasteiger partial charge in [0.15, 0.2) is 0 Å². The van der Waals surface area contributed by atoms with E-state index in [1.54, 1.807) is 35.4 Å². The number of benzene rings is 1. The van der Waals surface area contributed by atoms with Crippen molar-refractivity contribution in [3.8, 4) is 11.1 Å². The molecule has 0 saturated carbocycles. The fourth-order valence-electron chi connectivity index (χ4n) is 3.52. The number of nitrogens with one attached hydrogen (secondary N) is 1. The summed E-state index contributed by atoms with van der Waals surface area (Å²) in [6, 6.07) is 8.57. The number of carbonyl (C=O) groups excluding carboxylic acids is 1. The maximum atomic E-state index is 13.4. The Hall–Kier alpha value is -3.22. The molecule has 1 aliphatic heterocycles. The second-order valence-corrected chi connectivity index (χ2v) is 7.08. The van der Waals surface area contributed by atoms with Crippen molar-refractivity contribution in [2.75, 3.05) is 18.0 Å². The lowest BCUT2D eigenvalue weighted by Gasteiger charge is -2.34. The second kappa shape index (κ2) is 7.80. The summed E-state index contributed by atoms with van der Waals surface area (Å²) < 4.78 is 15.1. The lowest BCUT2D eigenvalue weighted by Crippen LogP contribution is -2.44. The van der Waals surface area contributed by atoms with Gasteiger partial charge in [-0.1, -0.05) is 6.07 Å². The van der Waals surface area contributed by atoms with Crippen molar-refractivity contribution in [1.82, 2.24) is 20.1 Å². The lowest BCUT2D eigenvalue weighted by atomic mass is 10.0. The minimum atomic E-state index is -0.228. The summed E-state index contributed by atoms with van der Waals surface area (Å²) in [5, 5.41) is 7.26. The molecule has 0 unspecified atom stereocenters. The summed E-state index contributed by atoms with van der Waals surface area (Å²) in [5.74, 6) is -0.351. The van der Waals surface area contributed by atoms with Gasteiger partial charge in [-0.3, -0.25) is 14.5 Å². The van der Waals surface area contributed by atoms with Crippen LogP contribution < -0.4 is 10.2 Å². The van der Waals surface area contributed by atoms with Crippen molar-refractivity contribution in [2.45, 2.75) is 18.9 Å². The number of aryl methyl sites for hydroxylation is 1. The van der Waals surface area contributed by atoms with Gasteiger partial charge < -0.3 is 10.2 Å². The van der Waals surface area contributed by atoms with Gasteiger partial charge in [0.1, 0.15) is 5.82 Å². The van der Waals surface area contributed by atoms with Crippen molar-refractivity contribution in [3.63, 3.8) is 0 Å². The molecule has 28 heavy (non-hydrogen) atoms. The van der Waals surface area contributed by atoms with E-state index in [1.165, 1.54) is 6.07 Å². The van der Waals surface area contributed by atoms with E-state index in [0.29, 0.717) is 5.56 Å². The van der Waals surface area contributed by atoms with Gasteiger partial charge in [-0.05, 0) is 37.1 Å². The first-order chi connectivity index (χ1) is 13.6. The second-order valence-electron chi connectivity index (χ2n) is 7.08. The molecule has 0 aliphatic carbocycles. The topological polar surface area (TPSA) is 63.1 Å². The zero-order valence-electron chi connectivity index (χ0n) is 15.7. The Morgan fingerprint density at radius 2 is 1.96 bits per heavy atom. The number of nitrogens with zero attached hydrogens (tertiary/aromatic N) is 4. The summed E-state index contributed by atoms with van der Waals surface area (Å²) in [6.45, 7) is 1.56. The van der Waals surface area contributed by atoms with Crippen molar-refractivity contribution >= 4 is 11.6 Å². The summed E-state index contributed by atoms with van der Waals surface area (Å²) in [4.78, 5) is 19.0. The molecular weight excluding hydrogens is 357 g/mol. The molecule has 6 nitrogen and oxygen atoms in total. The minimum absolute atomic E-state index is 0.0966. The highest BCUT2D eigenvalue weighted by molar-refractivity contribution is 5.95. The lowest BCUT2D eigenvalue weighted by molar-refractivity contribution is 0.0931. The fourth-order valence-corrected chi connectivity index (χ4v) is 3.52. The molecule has 7 heteroatoms. The van der Waals surface area contributed by atoms with Gasteiger partial charge in [-0.15, -0.1) is 0 Å². The van der Waals surface area contributed by atoms with E-state index in [0.717, 1.165) is 42.7 Å². The van der Waals surface area contributed by atoms with E-state index in [2.05, 4.69) is 20.3 Å². The number of pyridine rings is 1. The van der Waals surface area contributed by atoms with Gasteiger partial charge in [0.25, 0.3) is 5.91 Å². The first-order valence-electron chi connectivity index (χ1n) is 9.34. The summed E-state index contributed by atoms with van der Waals surface area (Å²) in [6.07, 6.45) is 8.58. The van der Waals surface area contributed by atoms with Crippen LogP contribution >= 0.6 is 0 Å². The van der Waals surface area contributed by atoms with E-state index in [1.807, 2.05) is 25.4 Å². The van der Waals surface area contributed by atoms with Crippen LogP contribution in [0.25, 0.3) is 11.1 Å². The first-order valence-corrected chi connectivity index (χ1v) is 9.34. The van der Waals surface area contributed by atoms with Gasteiger partial charge in [0.05, 0.1) is 11.8 Å². The van der Waals surface area contributed by atoms with E-state index < -0.39 is 0 Å². The maximum Gasteiger partial charge on any atom is 0.253 e. The molecule has 1 amide bonds. The molecule has 0 radical (unpaired) electrons. The fraction of sp³-hybridized carbons (Fsp3) is 0.286. The minimum Gasteiger partial charge on any atom is -0.371 e. The third-order valence-corrected chi connectivity index (χ3v) is 5.04. The number of anilines is 1. The summed E-state index contributed by atoms with van der Waals surface area (Å²) in [5.41, 5.74) is 3.21. The monoisotopic (exact) mass is 379 g/mol. The van der Waals surface area contributed by atoms with Crippen molar-refractivity contribution in [3.05, 3.63) is 66.5 Å². The molecule has 1 aromatic carbocycles. The molecular formula is C21H22FN5O. The Kier molecular flexibility index (Phi) is 5.06. The van der Waals surface area contributed by atoms with Crippen molar-refractivity contribution < 1.29 is 9.18 Å². The number of hydrogen-bond donors (Lipinski definition) is 1. The molecule has 3 heterocycles. The predicted octanol–water partition coefficient (Wildman–Crippen LogP) is 3.02. The van der Waals surface area contributed by atoms with E-state index in [4.69, 9.17) is 0 Å². The van der Waals surface area contributed by atoms with Gasteiger partial charge in [-0.2, -0.15) is 5.10 Å². The summed E-state index contributed by atoms with van der Waals surface area (Å²) >= 11 is 0. The number of rotatable bonds is 4. The highest BCUT2D eigenvalue weighted by Gasteiger charge is 2.22. The van der Waals surface area contributed by atoms with Crippen LogP contribution in [0.2, 0.25) is 0 Å². The Morgan fingerprint density at radius 1 is 1.14 bits per heavy atom. The van der Waals surface area contributed by atoms with Crippen LogP contribution in [0.15, 0.2) is 55.1 Å².